The summed E-state index contributed by atoms with van der Waals surface area (Å²) in [6.45, 7) is 5.38. The molecule has 0 amide bonds. The van der Waals surface area contributed by atoms with Gasteiger partial charge in [-0.05, 0) is 92.7 Å². The lowest BCUT2D eigenvalue weighted by atomic mass is 9.78. The molecule has 0 radical (unpaired) electrons. The molecule has 0 saturated heterocycles. The van der Waals surface area contributed by atoms with E-state index in [1.807, 2.05) is 30.3 Å². The lowest BCUT2D eigenvalue weighted by Crippen LogP contribution is -2.25. The summed E-state index contributed by atoms with van der Waals surface area (Å²) in [7, 11) is 0. The van der Waals surface area contributed by atoms with Crippen molar-refractivity contribution >= 4 is 0 Å². The maximum Gasteiger partial charge on any atom is 0.196 e. The number of aliphatic hydroxyl groups is 1. The Bertz CT molecular complexity index is 1110. The van der Waals surface area contributed by atoms with Crippen LogP contribution in [-0.4, -0.2) is 17.8 Å². The Labute approximate surface area is 224 Å². The van der Waals surface area contributed by atoms with Crippen molar-refractivity contribution < 1.29 is 27.8 Å². The second kappa shape index (κ2) is 14.8. The van der Waals surface area contributed by atoms with Crippen LogP contribution in [0.5, 0.6) is 5.75 Å². The quantitative estimate of drug-likeness (QED) is 0.221. The van der Waals surface area contributed by atoms with Gasteiger partial charge in [-0.1, -0.05) is 55.8 Å². The minimum Gasteiger partial charge on any atom is -0.491 e. The highest BCUT2D eigenvalue weighted by Gasteiger charge is 2.24. The number of benzene rings is 2. The van der Waals surface area contributed by atoms with Crippen molar-refractivity contribution in [2.24, 2.45) is 11.8 Å². The highest BCUT2D eigenvalue weighted by atomic mass is 19.2. The molecule has 0 aliphatic heterocycles. The maximum atomic E-state index is 14.5. The van der Waals surface area contributed by atoms with Crippen molar-refractivity contribution in [3.05, 3.63) is 89.5 Å². The Hall–Kier alpha value is -2.99. The normalized spacial score (nSPS) is 19.8. The first-order valence-electron chi connectivity index (χ1n) is 13.6. The molecule has 1 atom stereocenters. The van der Waals surface area contributed by atoms with Crippen LogP contribution in [0, 0.1) is 17.7 Å². The van der Waals surface area contributed by atoms with Gasteiger partial charge in [-0.15, -0.1) is 0 Å². The Morgan fingerprint density at radius 1 is 1.03 bits per heavy atom. The molecule has 206 valence electrons. The molecule has 1 saturated carbocycles. The molecular formula is C32H39F3O3. The number of hydrogen-bond donors (Lipinski definition) is 1. The smallest absolute Gasteiger partial charge is 0.196 e. The number of halogens is 3. The summed E-state index contributed by atoms with van der Waals surface area (Å²) in [5.74, 6) is -1.65. The second-order valence-electron chi connectivity index (χ2n) is 9.86. The first-order valence-corrected chi connectivity index (χ1v) is 13.6. The molecule has 0 bridgehead atoms. The zero-order chi connectivity index (χ0) is 27.5. The molecule has 0 aromatic heterocycles. The van der Waals surface area contributed by atoms with E-state index in [4.69, 9.17) is 9.47 Å². The summed E-state index contributed by atoms with van der Waals surface area (Å²) in [5.41, 5.74) is 2.29. The summed E-state index contributed by atoms with van der Waals surface area (Å²) in [6, 6.07) is 12.1. The van der Waals surface area contributed by atoms with Gasteiger partial charge in [0.25, 0.3) is 0 Å². The summed E-state index contributed by atoms with van der Waals surface area (Å²) in [6.07, 6.45) is 10.7. The largest absolute Gasteiger partial charge is 0.491 e. The van der Waals surface area contributed by atoms with E-state index in [1.54, 1.807) is 25.1 Å². The molecule has 2 aromatic rings. The topological polar surface area (TPSA) is 38.7 Å². The van der Waals surface area contributed by atoms with Crippen LogP contribution >= 0.6 is 0 Å². The van der Waals surface area contributed by atoms with Gasteiger partial charge >= 0.3 is 0 Å². The van der Waals surface area contributed by atoms with Crippen LogP contribution in [0.15, 0.2) is 78.1 Å². The van der Waals surface area contributed by atoms with Gasteiger partial charge in [-0.3, -0.25) is 0 Å². The SMILES string of the molecule is CCCC(O)C1CCC(/C=C/C=C(OCc2ccc(-c3ccc(OCC)c(F)c3)cc2)\C(F)=C(/C)F)CC1. The Balaban J connectivity index is 1.61. The van der Waals surface area contributed by atoms with Gasteiger partial charge in [0.05, 0.1) is 12.7 Å². The lowest BCUT2D eigenvalue weighted by Gasteiger charge is -2.30. The number of ether oxygens (including phenoxy) is 2. The van der Waals surface area contributed by atoms with E-state index in [0.717, 1.165) is 56.6 Å². The summed E-state index contributed by atoms with van der Waals surface area (Å²) in [4.78, 5) is 0. The van der Waals surface area contributed by atoms with Gasteiger partial charge in [0.2, 0.25) is 0 Å². The molecule has 1 N–H and O–H groups in total. The molecule has 3 nitrogen and oxygen atoms in total. The highest BCUT2D eigenvalue weighted by molar-refractivity contribution is 5.64. The number of allylic oxidation sites excluding steroid dienone is 5. The molecule has 1 unspecified atom stereocenters. The van der Waals surface area contributed by atoms with Crippen LogP contribution in [0.1, 0.15) is 64.9 Å². The van der Waals surface area contributed by atoms with Gasteiger partial charge in [0.15, 0.2) is 23.2 Å². The minimum absolute atomic E-state index is 0.0543. The van der Waals surface area contributed by atoms with Gasteiger partial charge in [-0.25, -0.2) is 13.2 Å². The van der Waals surface area contributed by atoms with Crippen molar-refractivity contribution in [1.82, 2.24) is 0 Å². The van der Waals surface area contributed by atoms with Gasteiger partial charge < -0.3 is 14.6 Å². The van der Waals surface area contributed by atoms with Crippen molar-refractivity contribution in [3.8, 4) is 16.9 Å². The summed E-state index contributed by atoms with van der Waals surface area (Å²) in [5, 5.41) is 10.2. The van der Waals surface area contributed by atoms with E-state index in [0.29, 0.717) is 24.0 Å². The zero-order valence-corrected chi connectivity index (χ0v) is 22.6. The molecule has 3 rings (SSSR count). The van der Waals surface area contributed by atoms with Crippen LogP contribution in [0.2, 0.25) is 0 Å². The number of aliphatic hydroxyl groups excluding tert-OH is 1. The predicted octanol–water partition coefficient (Wildman–Crippen LogP) is 8.99. The third-order valence-corrected chi connectivity index (χ3v) is 7.01. The van der Waals surface area contributed by atoms with Crippen molar-refractivity contribution in [3.63, 3.8) is 0 Å². The monoisotopic (exact) mass is 528 g/mol. The van der Waals surface area contributed by atoms with E-state index in [1.165, 1.54) is 12.1 Å². The van der Waals surface area contributed by atoms with Gasteiger partial charge in [0, 0.05) is 0 Å². The molecule has 6 heteroatoms. The van der Waals surface area contributed by atoms with Gasteiger partial charge in [-0.2, -0.15) is 0 Å². The molecule has 2 aromatic carbocycles. The van der Waals surface area contributed by atoms with Gasteiger partial charge in [0.1, 0.15) is 12.4 Å². The van der Waals surface area contributed by atoms with Crippen LogP contribution < -0.4 is 4.74 Å². The Morgan fingerprint density at radius 2 is 1.71 bits per heavy atom. The fraction of sp³-hybridized carbons (Fsp3) is 0.438. The average molecular weight is 529 g/mol. The summed E-state index contributed by atoms with van der Waals surface area (Å²) >= 11 is 0. The van der Waals surface area contributed by atoms with Crippen molar-refractivity contribution in [1.29, 1.82) is 0 Å². The molecule has 1 aliphatic carbocycles. The Morgan fingerprint density at radius 3 is 2.32 bits per heavy atom. The first-order chi connectivity index (χ1) is 18.3. The molecule has 1 fully saturated rings. The summed E-state index contributed by atoms with van der Waals surface area (Å²) < 4.78 is 53.3. The third-order valence-electron chi connectivity index (χ3n) is 7.01. The zero-order valence-electron chi connectivity index (χ0n) is 22.6. The molecule has 0 spiro atoms. The van der Waals surface area contributed by atoms with E-state index >= 15 is 0 Å². The molecule has 1 aliphatic rings. The standard InChI is InChI=1S/C32H39F3O3/c1-4-7-29(36)26-16-10-23(11-17-26)8-6-9-31(32(35)22(3)33)38-21-24-12-14-25(15-13-24)27-18-19-30(37-5-2)28(34)20-27/h6,8-9,12-15,18-20,23,26,29,36H,4-5,7,10-11,16-17,21H2,1-3H3/b8-6+,31-9+,32-22-. The van der Waals surface area contributed by atoms with E-state index in [2.05, 4.69) is 6.92 Å². The first kappa shape index (κ1) is 29.6. The molecule has 0 heterocycles. The minimum atomic E-state index is -1.03. The van der Waals surface area contributed by atoms with Crippen LogP contribution in [0.25, 0.3) is 11.1 Å². The molecular weight excluding hydrogens is 489 g/mol. The van der Waals surface area contributed by atoms with Crippen LogP contribution in [0.4, 0.5) is 13.2 Å². The third kappa shape index (κ3) is 8.52. The number of hydrogen-bond acceptors (Lipinski definition) is 3. The van der Waals surface area contributed by atoms with E-state index in [-0.39, 0.29) is 24.2 Å². The molecule has 38 heavy (non-hydrogen) atoms. The van der Waals surface area contributed by atoms with Crippen molar-refractivity contribution in [2.75, 3.05) is 6.61 Å². The highest BCUT2D eigenvalue weighted by Crippen LogP contribution is 2.33. The van der Waals surface area contributed by atoms with Crippen molar-refractivity contribution in [2.45, 2.75) is 72.0 Å². The van der Waals surface area contributed by atoms with E-state index in [9.17, 15) is 18.3 Å². The van der Waals surface area contributed by atoms with Crippen LogP contribution in [0.3, 0.4) is 0 Å². The second-order valence-corrected chi connectivity index (χ2v) is 9.86. The Kier molecular flexibility index (Phi) is 11.5. The maximum absolute atomic E-state index is 14.5. The lowest BCUT2D eigenvalue weighted by molar-refractivity contribution is 0.0707. The fourth-order valence-electron chi connectivity index (χ4n) is 4.82. The predicted molar refractivity (Wildman–Crippen MR) is 146 cm³/mol. The van der Waals surface area contributed by atoms with Crippen LogP contribution in [-0.2, 0) is 11.3 Å². The average Bonchev–Trinajstić information content (AvgIpc) is 2.92. The number of rotatable bonds is 12. The van der Waals surface area contributed by atoms with E-state index < -0.39 is 17.5 Å². The fourth-order valence-corrected chi connectivity index (χ4v) is 4.82.